The topological polar surface area (TPSA) is 67.3 Å². The van der Waals surface area contributed by atoms with Crippen molar-refractivity contribution >= 4 is 0 Å². The van der Waals surface area contributed by atoms with Crippen LogP contribution in [0.5, 0.6) is 0 Å². The van der Waals surface area contributed by atoms with Gasteiger partial charge in [-0.05, 0) is 6.85 Å². The predicted molar refractivity (Wildman–Crippen MR) is 42.1 cm³/mol. The van der Waals surface area contributed by atoms with Gasteiger partial charge in [-0.1, -0.05) is 0 Å². The van der Waals surface area contributed by atoms with Gasteiger partial charge in [-0.3, -0.25) is 10.1 Å². The number of aromatic amines is 1. The molecular weight excluding hydrogens is 154 g/mol. The SMILES string of the molecule is [2H]c1nc([2H])c(-c2n[nH]c(C([2H])([2H])[2H])n2)nc1[2H]. The maximum atomic E-state index is 7.50. The number of H-pyrrole nitrogens is 1. The fourth-order valence-corrected chi connectivity index (χ4v) is 0.680. The monoisotopic (exact) mass is 167 g/mol. The minimum Gasteiger partial charge on any atom is -0.263 e. The maximum Gasteiger partial charge on any atom is 0.201 e. The van der Waals surface area contributed by atoms with E-state index in [9.17, 15) is 0 Å². The molecule has 0 unspecified atom stereocenters. The number of aromatic nitrogens is 5. The highest BCUT2D eigenvalue weighted by Gasteiger charge is 2.02. The van der Waals surface area contributed by atoms with Crippen LogP contribution in [0.4, 0.5) is 0 Å². The fourth-order valence-electron chi connectivity index (χ4n) is 0.680. The van der Waals surface area contributed by atoms with Crippen LogP contribution in [-0.4, -0.2) is 25.1 Å². The molecule has 0 atom stereocenters. The van der Waals surface area contributed by atoms with E-state index in [2.05, 4.69) is 25.1 Å². The first-order chi connectivity index (χ1) is 8.29. The molecular formula is C7H7N5. The van der Waals surface area contributed by atoms with Crippen molar-refractivity contribution in [2.45, 2.75) is 6.85 Å². The molecule has 0 spiro atoms. The standard InChI is InChI=1S/C7H7N5/c1-5-10-7(12-11-5)6-4-8-2-3-9-6/h2-4H,1H3,(H,10,11,12)/i1D3,2D,3D,4D. The van der Waals surface area contributed by atoms with Crippen LogP contribution in [0.25, 0.3) is 11.5 Å². The summed E-state index contributed by atoms with van der Waals surface area (Å²) in [5.74, 6) is -0.465. The molecule has 5 nitrogen and oxygen atoms in total. The summed E-state index contributed by atoms with van der Waals surface area (Å²) in [5.41, 5.74) is -0.136. The van der Waals surface area contributed by atoms with Crippen molar-refractivity contribution in [3.63, 3.8) is 0 Å². The quantitative estimate of drug-likeness (QED) is 0.674. The van der Waals surface area contributed by atoms with Crippen LogP contribution in [0.2, 0.25) is 0 Å². The van der Waals surface area contributed by atoms with E-state index >= 15 is 0 Å². The van der Waals surface area contributed by atoms with Crippen molar-refractivity contribution < 1.29 is 8.22 Å². The molecule has 0 aliphatic rings. The van der Waals surface area contributed by atoms with Gasteiger partial charge >= 0.3 is 0 Å². The number of rotatable bonds is 1. The van der Waals surface area contributed by atoms with Crippen LogP contribution in [0.1, 0.15) is 14.0 Å². The zero-order valence-corrected chi connectivity index (χ0v) is 5.79. The van der Waals surface area contributed by atoms with Crippen LogP contribution in [0.15, 0.2) is 18.5 Å². The first-order valence-corrected chi connectivity index (χ1v) is 3.04. The summed E-state index contributed by atoms with van der Waals surface area (Å²) < 4.78 is 43.4. The molecule has 0 aliphatic carbocycles. The van der Waals surface area contributed by atoms with E-state index in [1.165, 1.54) is 0 Å². The Morgan fingerprint density at radius 3 is 3.42 bits per heavy atom. The van der Waals surface area contributed by atoms with E-state index in [1.54, 1.807) is 0 Å². The third-order valence-corrected chi connectivity index (χ3v) is 1.13. The summed E-state index contributed by atoms with van der Waals surface area (Å²) >= 11 is 0. The van der Waals surface area contributed by atoms with Gasteiger partial charge in [-0.25, -0.2) is 9.97 Å². The van der Waals surface area contributed by atoms with Gasteiger partial charge in [0.25, 0.3) is 0 Å². The molecule has 0 radical (unpaired) electrons. The molecule has 2 aromatic heterocycles. The number of hydrogen-bond acceptors (Lipinski definition) is 4. The summed E-state index contributed by atoms with van der Waals surface area (Å²) in [6, 6.07) is 0. The summed E-state index contributed by atoms with van der Waals surface area (Å²) in [7, 11) is 0. The number of nitrogens with zero attached hydrogens (tertiary/aromatic N) is 4. The molecule has 2 aromatic rings. The lowest BCUT2D eigenvalue weighted by Gasteiger charge is -1.89. The Morgan fingerprint density at radius 2 is 2.58 bits per heavy atom. The summed E-state index contributed by atoms with van der Waals surface area (Å²) in [5, 5.41) is 5.84. The highest BCUT2D eigenvalue weighted by molar-refractivity contribution is 5.45. The average molecular weight is 167 g/mol. The minimum atomic E-state index is -2.44. The molecule has 0 aliphatic heterocycles. The van der Waals surface area contributed by atoms with Crippen molar-refractivity contribution in [2.24, 2.45) is 0 Å². The van der Waals surface area contributed by atoms with Gasteiger partial charge in [-0.15, -0.1) is 0 Å². The van der Waals surface area contributed by atoms with Crippen LogP contribution < -0.4 is 0 Å². The molecule has 0 aromatic carbocycles. The Hall–Kier alpha value is -1.78. The van der Waals surface area contributed by atoms with Gasteiger partial charge in [0.2, 0.25) is 5.82 Å². The minimum absolute atomic E-state index is 0.132. The lowest BCUT2D eigenvalue weighted by atomic mass is 10.4. The summed E-state index contributed by atoms with van der Waals surface area (Å²) in [6.45, 7) is -2.44. The lowest BCUT2D eigenvalue weighted by Crippen LogP contribution is -1.85. The molecule has 0 fully saturated rings. The van der Waals surface area contributed by atoms with E-state index in [4.69, 9.17) is 8.22 Å². The lowest BCUT2D eigenvalue weighted by molar-refractivity contribution is 1.04. The third kappa shape index (κ3) is 1.16. The first-order valence-electron chi connectivity index (χ1n) is 6.04. The van der Waals surface area contributed by atoms with Gasteiger partial charge in [0.15, 0.2) is 0 Å². The Kier molecular flexibility index (Phi) is 0.657. The first kappa shape index (κ1) is 2.93. The van der Waals surface area contributed by atoms with Crippen molar-refractivity contribution in [3.05, 3.63) is 24.3 Å². The molecule has 0 saturated carbocycles. The number of nitrogens with one attached hydrogen (secondary N) is 1. The normalized spacial score (nSPS) is 18.3. The van der Waals surface area contributed by atoms with Crippen LogP contribution in [0.3, 0.4) is 0 Å². The van der Waals surface area contributed by atoms with E-state index in [-0.39, 0.29) is 23.5 Å². The zero-order chi connectivity index (χ0) is 13.5. The van der Waals surface area contributed by atoms with Crippen LogP contribution >= 0.6 is 0 Å². The van der Waals surface area contributed by atoms with Crippen molar-refractivity contribution in [1.82, 2.24) is 25.1 Å². The molecule has 0 saturated heterocycles. The maximum absolute atomic E-state index is 7.50. The third-order valence-electron chi connectivity index (χ3n) is 1.13. The van der Waals surface area contributed by atoms with E-state index in [0.29, 0.717) is 0 Å². The van der Waals surface area contributed by atoms with Crippen molar-refractivity contribution in [1.29, 1.82) is 0 Å². The van der Waals surface area contributed by atoms with Gasteiger partial charge in [0.05, 0.1) is 10.3 Å². The highest BCUT2D eigenvalue weighted by Crippen LogP contribution is 2.07. The highest BCUT2D eigenvalue weighted by atomic mass is 15.2. The van der Waals surface area contributed by atoms with Crippen molar-refractivity contribution in [2.75, 3.05) is 0 Å². The second-order valence-electron chi connectivity index (χ2n) is 1.92. The molecule has 5 heteroatoms. The van der Waals surface area contributed by atoms with E-state index in [1.807, 2.05) is 0 Å². The van der Waals surface area contributed by atoms with E-state index in [0.717, 1.165) is 0 Å². The van der Waals surface area contributed by atoms with E-state index < -0.39 is 19.2 Å². The molecule has 12 heavy (non-hydrogen) atoms. The van der Waals surface area contributed by atoms with Crippen LogP contribution in [-0.2, 0) is 0 Å². The second kappa shape index (κ2) is 2.69. The summed E-state index contributed by atoms with van der Waals surface area (Å²) in [4.78, 5) is 10.8. The van der Waals surface area contributed by atoms with Gasteiger partial charge in [-0.2, -0.15) is 5.10 Å². The largest absolute Gasteiger partial charge is 0.263 e. The Labute approximate surface area is 77.3 Å². The molecule has 2 heterocycles. The zero-order valence-electron chi connectivity index (χ0n) is 11.8. The second-order valence-corrected chi connectivity index (χ2v) is 1.92. The van der Waals surface area contributed by atoms with Gasteiger partial charge < -0.3 is 0 Å². The predicted octanol–water partition coefficient (Wildman–Crippen LogP) is 0.570. The Morgan fingerprint density at radius 1 is 1.58 bits per heavy atom. The van der Waals surface area contributed by atoms with Crippen LogP contribution in [0, 0.1) is 6.85 Å². The molecule has 0 amide bonds. The molecule has 0 bridgehead atoms. The Bertz CT molecular complexity index is 590. The van der Waals surface area contributed by atoms with Gasteiger partial charge in [0.1, 0.15) is 11.5 Å². The molecule has 1 N–H and O–H groups in total. The summed E-state index contributed by atoms with van der Waals surface area (Å²) in [6.07, 6.45) is -1.25. The number of hydrogen-bond donors (Lipinski definition) is 1. The van der Waals surface area contributed by atoms with Gasteiger partial charge in [0, 0.05) is 16.5 Å². The van der Waals surface area contributed by atoms with Crippen molar-refractivity contribution in [3.8, 4) is 11.5 Å². The smallest absolute Gasteiger partial charge is 0.201 e. The average Bonchev–Trinajstić information content (AvgIpc) is 2.72. The Balaban J connectivity index is 2.50. The fraction of sp³-hybridized carbons (Fsp3) is 0.143. The molecule has 60 valence electrons. The molecule has 2 rings (SSSR count). The number of aryl methyl sites for hydroxylation is 1.